The molecule has 10 heteroatoms. The van der Waals surface area contributed by atoms with E-state index in [-0.39, 0.29) is 23.7 Å². The summed E-state index contributed by atoms with van der Waals surface area (Å²) in [6.45, 7) is 4.33. The number of carbonyl (C=O) groups excluding carboxylic acids is 2. The van der Waals surface area contributed by atoms with Crippen molar-refractivity contribution >= 4 is 35.0 Å². The first kappa shape index (κ1) is 33.2. The highest BCUT2D eigenvalue weighted by atomic mass is 32.1. The van der Waals surface area contributed by atoms with Crippen LogP contribution in [-0.4, -0.2) is 36.8 Å². The summed E-state index contributed by atoms with van der Waals surface area (Å²) in [4.78, 5) is 45.1. The SMILES string of the molecule is CCOC(=O)C1=C(c2ccccc2)N=c2s/c(=C\c3ccc(OCc4ccc(C(=O)OCC)cc4)cc3)c(=O)n2[C@H]1c1ccc(OC)cc1. The topological polar surface area (TPSA) is 105 Å². The van der Waals surface area contributed by atoms with Crippen LogP contribution < -0.4 is 24.4 Å². The molecule has 0 amide bonds. The summed E-state index contributed by atoms with van der Waals surface area (Å²) in [6, 6.07) is 30.5. The van der Waals surface area contributed by atoms with Crippen molar-refractivity contribution in [2.24, 2.45) is 4.99 Å². The molecule has 1 atom stereocenters. The highest BCUT2D eigenvalue weighted by molar-refractivity contribution is 7.07. The maximum absolute atomic E-state index is 14.2. The van der Waals surface area contributed by atoms with Gasteiger partial charge in [-0.2, -0.15) is 0 Å². The normalized spacial score (nSPS) is 14.1. The highest BCUT2D eigenvalue weighted by Crippen LogP contribution is 2.35. The molecule has 0 unspecified atom stereocenters. The summed E-state index contributed by atoms with van der Waals surface area (Å²) in [6.07, 6.45) is 1.81. The Hall–Kier alpha value is -5.74. The molecule has 0 bridgehead atoms. The maximum atomic E-state index is 14.2. The number of hydrogen-bond acceptors (Lipinski definition) is 9. The third kappa shape index (κ3) is 7.24. The van der Waals surface area contributed by atoms with E-state index in [4.69, 9.17) is 23.9 Å². The van der Waals surface area contributed by atoms with E-state index in [1.165, 1.54) is 11.3 Å². The molecular weight excluding hydrogens is 641 g/mol. The molecule has 0 saturated carbocycles. The predicted molar refractivity (Wildman–Crippen MR) is 187 cm³/mol. The zero-order chi connectivity index (χ0) is 34.3. The molecule has 0 radical (unpaired) electrons. The minimum Gasteiger partial charge on any atom is -0.497 e. The van der Waals surface area contributed by atoms with E-state index in [2.05, 4.69) is 0 Å². The van der Waals surface area contributed by atoms with Gasteiger partial charge >= 0.3 is 11.9 Å². The second-order valence-corrected chi connectivity index (χ2v) is 12.0. The summed E-state index contributed by atoms with van der Waals surface area (Å²) in [5, 5.41) is 0. The number of aromatic nitrogens is 1. The van der Waals surface area contributed by atoms with Gasteiger partial charge in [0.2, 0.25) is 0 Å². The minimum absolute atomic E-state index is 0.172. The molecule has 248 valence electrons. The fourth-order valence-electron chi connectivity index (χ4n) is 5.47. The summed E-state index contributed by atoms with van der Waals surface area (Å²) in [5.41, 5.74) is 4.13. The minimum atomic E-state index is -0.777. The largest absolute Gasteiger partial charge is 0.497 e. The van der Waals surface area contributed by atoms with E-state index in [9.17, 15) is 14.4 Å². The van der Waals surface area contributed by atoms with Gasteiger partial charge in [0.1, 0.15) is 18.1 Å². The van der Waals surface area contributed by atoms with Crippen LogP contribution in [-0.2, 0) is 20.9 Å². The molecule has 9 nitrogen and oxygen atoms in total. The van der Waals surface area contributed by atoms with Crippen molar-refractivity contribution in [1.29, 1.82) is 0 Å². The van der Waals surface area contributed by atoms with E-state index >= 15 is 0 Å². The molecule has 0 saturated heterocycles. The molecule has 0 spiro atoms. The summed E-state index contributed by atoms with van der Waals surface area (Å²) in [7, 11) is 1.58. The van der Waals surface area contributed by atoms with Crippen LogP contribution in [0, 0.1) is 0 Å². The lowest BCUT2D eigenvalue weighted by Crippen LogP contribution is -2.40. The van der Waals surface area contributed by atoms with E-state index in [1.54, 1.807) is 49.8 Å². The second kappa shape index (κ2) is 15.0. The van der Waals surface area contributed by atoms with Gasteiger partial charge < -0.3 is 18.9 Å². The Morgan fingerprint density at radius 2 is 1.47 bits per heavy atom. The number of carbonyl (C=O) groups is 2. The number of rotatable bonds is 11. The number of thiazole rings is 1. The van der Waals surface area contributed by atoms with Crippen molar-refractivity contribution in [3.8, 4) is 11.5 Å². The van der Waals surface area contributed by atoms with Crippen molar-refractivity contribution in [2.75, 3.05) is 20.3 Å². The Morgan fingerprint density at radius 3 is 2.12 bits per heavy atom. The lowest BCUT2D eigenvalue weighted by molar-refractivity contribution is -0.138. The Morgan fingerprint density at radius 1 is 0.816 bits per heavy atom. The average molecular weight is 675 g/mol. The summed E-state index contributed by atoms with van der Waals surface area (Å²) >= 11 is 1.26. The lowest BCUT2D eigenvalue weighted by atomic mass is 9.93. The number of nitrogens with zero attached hydrogens (tertiary/aromatic N) is 2. The third-order valence-corrected chi connectivity index (χ3v) is 8.84. The van der Waals surface area contributed by atoms with E-state index in [0.29, 0.717) is 45.3 Å². The monoisotopic (exact) mass is 674 g/mol. The number of benzene rings is 4. The third-order valence-electron chi connectivity index (χ3n) is 7.85. The molecule has 2 heterocycles. The summed E-state index contributed by atoms with van der Waals surface area (Å²) in [5.74, 6) is 0.413. The van der Waals surface area contributed by atoms with Crippen LogP contribution in [0.15, 0.2) is 118 Å². The van der Waals surface area contributed by atoms with Crippen molar-refractivity contribution < 1.29 is 28.5 Å². The number of esters is 2. The molecule has 5 aromatic rings. The maximum Gasteiger partial charge on any atom is 0.338 e. The zero-order valence-electron chi connectivity index (χ0n) is 27.3. The highest BCUT2D eigenvalue weighted by Gasteiger charge is 2.35. The molecule has 6 rings (SSSR count). The van der Waals surface area contributed by atoms with Gasteiger partial charge in [0, 0.05) is 5.56 Å². The Bertz CT molecular complexity index is 2170. The average Bonchev–Trinajstić information content (AvgIpc) is 3.45. The van der Waals surface area contributed by atoms with Crippen LogP contribution in [0.3, 0.4) is 0 Å². The predicted octanol–water partition coefficient (Wildman–Crippen LogP) is 5.70. The van der Waals surface area contributed by atoms with Crippen LogP contribution in [0.4, 0.5) is 0 Å². The van der Waals surface area contributed by atoms with Crippen LogP contribution in [0.1, 0.15) is 52.5 Å². The quantitative estimate of drug-likeness (QED) is 0.166. The molecule has 0 fully saturated rings. The number of methoxy groups -OCH3 is 1. The van der Waals surface area contributed by atoms with Gasteiger partial charge in [-0.25, -0.2) is 14.6 Å². The Kier molecular flexibility index (Phi) is 10.2. The van der Waals surface area contributed by atoms with E-state index in [1.807, 2.05) is 84.9 Å². The molecule has 49 heavy (non-hydrogen) atoms. The van der Waals surface area contributed by atoms with Crippen LogP contribution in [0.25, 0.3) is 11.8 Å². The number of fused-ring (bicyclic) bond motifs is 1. The van der Waals surface area contributed by atoms with E-state index in [0.717, 1.165) is 22.3 Å². The van der Waals surface area contributed by atoms with Gasteiger partial charge in [-0.05, 0) is 73.0 Å². The van der Waals surface area contributed by atoms with Crippen LogP contribution in [0.2, 0.25) is 0 Å². The lowest BCUT2D eigenvalue weighted by Gasteiger charge is -2.26. The standard InChI is InChI=1S/C39H34N2O7S/c1-4-46-37(43)29-15-11-26(12-16-29)24-48-31-19-13-25(14-20-31)23-32-36(42)41-35(28-17-21-30(45-3)22-18-28)33(38(44)47-5-2)34(40-39(41)49-32)27-9-7-6-8-10-27/h6-23,35H,4-5,24H2,1-3H3/b32-23-/t35-/m0/s1. The van der Waals surface area contributed by atoms with Crippen molar-refractivity contribution in [3.63, 3.8) is 0 Å². The Balaban J connectivity index is 1.34. The van der Waals surface area contributed by atoms with Crippen molar-refractivity contribution in [1.82, 2.24) is 4.57 Å². The first-order valence-electron chi connectivity index (χ1n) is 15.8. The van der Waals surface area contributed by atoms with Gasteiger partial charge in [0.05, 0.1) is 47.7 Å². The van der Waals surface area contributed by atoms with Gasteiger partial charge in [0.15, 0.2) is 4.80 Å². The first-order chi connectivity index (χ1) is 23.9. The molecule has 1 aliphatic rings. The van der Waals surface area contributed by atoms with Gasteiger partial charge in [0.25, 0.3) is 5.56 Å². The van der Waals surface area contributed by atoms with Gasteiger partial charge in [-0.1, -0.05) is 78.1 Å². The zero-order valence-corrected chi connectivity index (χ0v) is 28.1. The summed E-state index contributed by atoms with van der Waals surface area (Å²) < 4.78 is 23.9. The van der Waals surface area contributed by atoms with Crippen molar-refractivity contribution in [2.45, 2.75) is 26.5 Å². The molecule has 1 aliphatic heterocycles. The fraction of sp³-hybridized carbons (Fsp3) is 0.179. The molecular formula is C39H34N2O7S. The van der Waals surface area contributed by atoms with Crippen LogP contribution >= 0.6 is 11.3 Å². The van der Waals surface area contributed by atoms with Crippen molar-refractivity contribution in [3.05, 3.63) is 156 Å². The second-order valence-electron chi connectivity index (χ2n) is 11.0. The number of ether oxygens (including phenoxy) is 4. The van der Waals surface area contributed by atoms with Gasteiger partial charge in [-0.3, -0.25) is 9.36 Å². The first-order valence-corrected chi connectivity index (χ1v) is 16.6. The smallest absolute Gasteiger partial charge is 0.338 e. The van der Waals surface area contributed by atoms with E-state index < -0.39 is 12.0 Å². The van der Waals surface area contributed by atoms with Gasteiger partial charge in [-0.15, -0.1) is 0 Å². The van der Waals surface area contributed by atoms with Crippen LogP contribution in [0.5, 0.6) is 11.5 Å². The molecule has 0 aliphatic carbocycles. The number of hydrogen-bond donors (Lipinski definition) is 0. The molecule has 1 aromatic heterocycles. The molecule has 4 aromatic carbocycles. The Labute approximate surface area is 287 Å². The fourth-order valence-corrected chi connectivity index (χ4v) is 6.47. The molecule has 0 N–H and O–H groups in total.